The number of carbonyl (C=O) groups is 1. The molecule has 0 saturated heterocycles. The third-order valence-corrected chi connectivity index (χ3v) is 2.10. The second-order valence-corrected chi connectivity index (χ2v) is 3.19. The Morgan fingerprint density at radius 1 is 1.38 bits per heavy atom. The van der Waals surface area contributed by atoms with Crippen LogP contribution in [0.4, 0.5) is 0 Å². The molecular weight excluding hydrogens is 188 g/mol. The highest BCUT2D eigenvalue weighted by Gasteiger charge is 2.01. The van der Waals surface area contributed by atoms with Crippen LogP contribution in [0.15, 0.2) is 0 Å². The summed E-state index contributed by atoms with van der Waals surface area (Å²) >= 11 is 5.34. The number of nitrogens with one attached hydrogen (secondary N) is 1. The Morgan fingerprint density at radius 3 is 2.54 bits per heavy atom. The molecule has 3 nitrogen and oxygen atoms in total. The van der Waals surface area contributed by atoms with Gasteiger partial charge in [0.1, 0.15) is 5.88 Å². The highest BCUT2D eigenvalue weighted by molar-refractivity contribution is 6.27. The molecule has 0 aliphatic carbocycles. The Balaban J connectivity index is 3.42. The van der Waals surface area contributed by atoms with E-state index in [-0.39, 0.29) is 11.8 Å². The molecule has 0 aromatic rings. The van der Waals surface area contributed by atoms with E-state index in [0.29, 0.717) is 6.54 Å². The van der Waals surface area contributed by atoms with Crippen LogP contribution < -0.4 is 5.32 Å². The standard InChI is InChI=1S/C9H19ClN2O/c1-3-6-12(4-2)7-5-11-9(13)8-10/h3-8H2,1-2H3,(H,11,13). The lowest BCUT2D eigenvalue weighted by atomic mass is 10.4. The minimum absolute atomic E-state index is 0.0555. The molecule has 0 aliphatic heterocycles. The monoisotopic (exact) mass is 206 g/mol. The van der Waals surface area contributed by atoms with Gasteiger partial charge in [0, 0.05) is 13.1 Å². The van der Waals surface area contributed by atoms with Crippen LogP contribution in [0, 0.1) is 0 Å². The van der Waals surface area contributed by atoms with Crippen LogP contribution in [-0.4, -0.2) is 42.9 Å². The number of hydrogen-bond acceptors (Lipinski definition) is 2. The molecule has 0 saturated carbocycles. The first-order valence-corrected chi connectivity index (χ1v) is 5.33. The molecule has 0 rings (SSSR count). The summed E-state index contributed by atoms with van der Waals surface area (Å²) in [5, 5.41) is 2.74. The topological polar surface area (TPSA) is 32.3 Å². The van der Waals surface area contributed by atoms with Gasteiger partial charge in [0.15, 0.2) is 0 Å². The van der Waals surface area contributed by atoms with Crippen LogP contribution in [0.3, 0.4) is 0 Å². The fourth-order valence-electron chi connectivity index (χ4n) is 1.14. The number of likely N-dealkylation sites (N-methyl/N-ethyl adjacent to an activating group) is 1. The second-order valence-electron chi connectivity index (χ2n) is 2.92. The van der Waals surface area contributed by atoms with Crippen LogP contribution >= 0.6 is 11.6 Å². The molecule has 13 heavy (non-hydrogen) atoms. The van der Waals surface area contributed by atoms with Crippen LogP contribution in [0.1, 0.15) is 20.3 Å². The van der Waals surface area contributed by atoms with Crippen molar-refractivity contribution in [2.75, 3.05) is 32.1 Å². The van der Waals surface area contributed by atoms with Gasteiger partial charge in [-0.25, -0.2) is 0 Å². The Bertz CT molecular complexity index is 142. The lowest BCUT2D eigenvalue weighted by molar-refractivity contribution is -0.118. The predicted molar refractivity (Wildman–Crippen MR) is 56.1 cm³/mol. The summed E-state index contributed by atoms with van der Waals surface area (Å²) in [6, 6.07) is 0. The molecule has 0 fully saturated rings. The smallest absolute Gasteiger partial charge is 0.234 e. The summed E-state index contributed by atoms with van der Waals surface area (Å²) in [6.07, 6.45) is 1.15. The van der Waals surface area contributed by atoms with Gasteiger partial charge in [-0.3, -0.25) is 4.79 Å². The molecule has 4 heteroatoms. The van der Waals surface area contributed by atoms with Gasteiger partial charge in [0.25, 0.3) is 0 Å². The summed E-state index contributed by atoms with van der Waals surface area (Å²) in [4.78, 5) is 13.1. The molecule has 0 spiro atoms. The summed E-state index contributed by atoms with van der Waals surface area (Å²) in [7, 11) is 0. The first-order valence-electron chi connectivity index (χ1n) is 4.79. The second kappa shape index (κ2) is 8.32. The first-order chi connectivity index (χ1) is 6.24. The predicted octanol–water partition coefficient (Wildman–Crippen LogP) is 1.07. The van der Waals surface area contributed by atoms with E-state index >= 15 is 0 Å². The molecule has 0 unspecified atom stereocenters. The lowest BCUT2D eigenvalue weighted by Gasteiger charge is -2.19. The highest BCUT2D eigenvalue weighted by Crippen LogP contribution is 1.88. The minimum atomic E-state index is -0.0887. The van der Waals surface area contributed by atoms with Gasteiger partial charge >= 0.3 is 0 Å². The van der Waals surface area contributed by atoms with Gasteiger partial charge in [0.2, 0.25) is 5.91 Å². The van der Waals surface area contributed by atoms with Crippen LogP contribution in [-0.2, 0) is 4.79 Å². The summed E-state index contributed by atoms with van der Waals surface area (Å²) in [6.45, 7) is 8.00. The minimum Gasteiger partial charge on any atom is -0.354 e. The van der Waals surface area contributed by atoms with Gasteiger partial charge in [-0.1, -0.05) is 13.8 Å². The molecule has 0 aliphatic rings. The molecule has 1 N–H and O–H groups in total. The van der Waals surface area contributed by atoms with Crippen LogP contribution in [0.25, 0.3) is 0 Å². The zero-order valence-corrected chi connectivity index (χ0v) is 9.23. The Hall–Kier alpha value is -0.280. The molecule has 0 aromatic heterocycles. The number of hydrogen-bond donors (Lipinski definition) is 1. The quantitative estimate of drug-likeness (QED) is 0.633. The third kappa shape index (κ3) is 6.84. The zero-order chi connectivity index (χ0) is 10.1. The maximum Gasteiger partial charge on any atom is 0.234 e. The van der Waals surface area contributed by atoms with E-state index in [0.717, 1.165) is 26.1 Å². The van der Waals surface area contributed by atoms with Crippen LogP contribution in [0.2, 0.25) is 0 Å². The van der Waals surface area contributed by atoms with Crippen molar-refractivity contribution in [2.45, 2.75) is 20.3 Å². The van der Waals surface area contributed by atoms with Crippen molar-refractivity contribution >= 4 is 17.5 Å². The number of rotatable bonds is 7. The van der Waals surface area contributed by atoms with Gasteiger partial charge in [-0.2, -0.15) is 0 Å². The molecule has 0 radical (unpaired) electrons. The van der Waals surface area contributed by atoms with E-state index in [1.165, 1.54) is 0 Å². The Kier molecular flexibility index (Phi) is 8.14. The lowest BCUT2D eigenvalue weighted by Crippen LogP contribution is -2.35. The highest BCUT2D eigenvalue weighted by atomic mass is 35.5. The molecule has 0 heterocycles. The van der Waals surface area contributed by atoms with Gasteiger partial charge in [0.05, 0.1) is 0 Å². The number of carbonyl (C=O) groups excluding carboxylic acids is 1. The van der Waals surface area contributed by atoms with Crippen molar-refractivity contribution in [1.82, 2.24) is 10.2 Å². The summed E-state index contributed by atoms with van der Waals surface area (Å²) < 4.78 is 0. The Labute approximate surface area is 85.4 Å². The first kappa shape index (κ1) is 12.7. The van der Waals surface area contributed by atoms with Gasteiger partial charge < -0.3 is 10.2 Å². The number of nitrogens with zero attached hydrogens (tertiary/aromatic N) is 1. The maximum atomic E-state index is 10.8. The third-order valence-electron chi connectivity index (χ3n) is 1.86. The summed E-state index contributed by atoms with van der Waals surface area (Å²) in [5.41, 5.74) is 0. The van der Waals surface area contributed by atoms with E-state index in [2.05, 4.69) is 24.1 Å². The average molecular weight is 207 g/mol. The molecule has 78 valence electrons. The van der Waals surface area contributed by atoms with Crippen molar-refractivity contribution in [1.29, 1.82) is 0 Å². The van der Waals surface area contributed by atoms with Gasteiger partial charge in [-0.05, 0) is 19.5 Å². The number of halogens is 1. The maximum absolute atomic E-state index is 10.8. The Morgan fingerprint density at radius 2 is 2.08 bits per heavy atom. The van der Waals surface area contributed by atoms with Crippen molar-refractivity contribution in [3.8, 4) is 0 Å². The average Bonchev–Trinajstić information content (AvgIpc) is 2.16. The summed E-state index contributed by atoms with van der Waals surface area (Å²) in [5.74, 6) is -0.0332. The van der Waals surface area contributed by atoms with E-state index in [4.69, 9.17) is 11.6 Å². The van der Waals surface area contributed by atoms with E-state index in [1.807, 2.05) is 0 Å². The zero-order valence-electron chi connectivity index (χ0n) is 8.48. The molecule has 0 atom stereocenters. The van der Waals surface area contributed by atoms with Crippen molar-refractivity contribution in [3.05, 3.63) is 0 Å². The van der Waals surface area contributed by atoms with E-state index < -0.39 is 0 Å². The molecule has 0 bridgehead atoms. The fraction of sp³-hybridized carbons (Fsp3) is 0.889. The molecular formula is C9H19ClN2O. The van der Waals surface area contributed by atoms with E-state index in [9.17, 15) is 4.79 Å². The van der Waals surface area contributed by atoms with Crippen LogP contribution in [0.5, 0.6) is 0 Å². The largest absolute Gasteiger partial charge is 0.354 e. The normalized spacial score (nSPS) is 10.5. The fourth-order valence-corrected chi connectivity index (χ4v) is 1.24. The molecule has 1 amide bonds. The van der Waals surface area contributed by atoms with Crippen molar-refractivity contribution in [2.24, 2.45) is 0 Å². The van der Waals surface area contributed by atoms with E-state index in [1.54, 1.807) is 0 Å². The van der Waals surface area contributed by atoms with Crippen molar-refractivity contribution in [3.63, 3.8) is 0 Å². The number of amides is 1. The van der Waals surface area contributed by atoms with Crippen molar-refractivity contribution < 1.29 is 4.79 Å². The van der Waals surface area contributed by atoms with Gasteiger partial charge in [-0.15, -0.1) is 11.6 Å². The molecule has 0 aromatic carbocycles. The SMILES string of the molecule is CCCN(CC)CCNC(=O)CCl. The number of alkyl halides is 1.